The number of nitrogens with zero attached hydrogens (tertiary/aromatic N) is 1. The SMILES string of the molecule is O=c1cn[nH]c(Cl)c1.c1cc2cc-2c1. The Morgan fingerprint density at radius 1 is 1.21 bits per heavy atom. The summed E-state index contributed by atoms with van der Waals surface area (Å²) in [5.41, 5.74) is 2.67. The maximum Gasteiger partial charge on any atom is 0.201 e. The third-order valence-electron chi connectivity index (χ3n) is 1.74. The van der Waals surface area contributed by atoms with Crippen molar-refractivity contribution in [2.24, 2.45) is 0 Å². The summed E-state index contributed by atoms with van der Waals surface area (Å²) < 4.78 is 0. The van der Waals surface area contributed by atoms with Gasteiger partial charge >= 0.3 is 0 Å². The quantitative estimate of drug-likeness (QED) is 0.612. The van der Waals surface area contributed by atoms with Gasteiger partial charge in [-0.25, -0.2) is 0 Å². The molecule has 4 heteroatoms. The van der Waals surface area contributed by atoms with Gasteiger partial charge < -0.3 is 0 Å². The number of H-pyrrole nitrogens is 1. The molecular weight excluding hydrogens is 200 g/mol. The zero-order valence-electron chi connectivity index (χ0n) is 7.20. The van der Waals surface area contributed by atoms with Gasteiger partial charge in [-0.3, -0.25) is 9.89 Å². The molecule has 1 N–H and O–H groups in total. The molecule has 0 radical (unpaired) electrons. The molecular formula is C10H7ClN2O. The number of hydrogen-bond donors (Lipinski definition) is 1. The minimum Gasteiger partial charge on any atom is -0.288 e. The van der Waals surface area contributed by atoms with Gasteiger partial charge in [-0.1, -0.05) is 29.8 Å². The van der Waals surface area contributed by atoms with Crippen molar-refractivity contribution in [1.29, 1.82) is 0 Å². The number of aromatic nitrogens is 2. The first-order valence-corrected chi connectivity index (χ1v) is 4.44. The molecule has 1 aromatic heterocycles. The highest BCUT2D eigenvalue weighted by Gasteiger charge is 2.06. The van der Waals surface area contributed by atoms with Gasteiger partial charge in [0.1, 0.15) is 5.15 Å². The van der Waals surface area contributed by atoms with Crippen LogP contribution in [0.1, 0.15) is 0 Å². The van der Waals surface area contributed by atoms with E-state index in [4.69, 9.17) is 11.6 Å². The van der Waals surface area contributed by atoms with E-state index in [1.165, 1.54) is 17.2 Å². The number of hydrogen-bond acceptors (Lipinski definition) is 2. The number of rotatable bonds is 0. The number of halogens is 1. The summed E-state index contributed by atoms with van der Waals surface area (Å²) in [6.45, 7) is 0. The monoisotopic (exact) mass is 206 g/mol. The summed E-state index contributed by atoms with van der Waals surface area (Å²) in [6.07, 6.45) is 1.16. The molecule has 14 heavy (non-hydrogen) atoms. The van der Waals surface area contributed by atoms with E-state index < -0.39 is 0 Å². The highest BCUT2D eigenvalue weighted by atomic mass is 35.5. The van der Waals surface area contributed by atoms with Gasteiger partial charge in [-0.15, -0.1) is 0 Å². The van der Waals surface area contributed by atoms with Crippen molar-refractivity contribution >= 4 is 11.6 Å². The van der Waals surface area contributed by atoms with Gasteiger partial charge in [0, 0.05) is 6.07 Å². The van der Waals surface area contributed by atoms with E-state index in [9.17, 15) is 4.79 Å². The standard InChI is InChI=1S/C6H4.C4H3ClN2O/c1-2-5-4-6(5)3-1;5-4-1-3(8)2-6-7-4/h1-4H;1-2H,(H,7,8). The van der Waals surface area contributed by atoms with E-state index in [0.717, 1.165) is 6.20 Å². The van der Waals surface area contributed by atoms with Crippen molar-refractivity contribution in [1.82, 2.24) is 10.2 Å². The summed E-state index contributed by atoms with van der Waals surface area (Å²) in [7, 11) is 0. The second-order valence-electron chi connectivity index (χ2n) is 2.85. The van der Waals surface area contributed by atoms with Gasteiger partial charge in [0.05, 0.1) is 6.20 Å². The Hall–Kier alpha value is -1.61. The molecule has 0 aromatic carbocycles. The molecule has 0 bridgehead atoms. The predicted octanol–water partition coefficient (Wildman–Crippen LogP) is 2.09. The van der Waals surface area contributed by atoms with E-state index in [2.05, 4.69) is 34.5 Å². The summed E-state index contributed by atoms with van der Waals surface area (Å²) in [5, 5.41) is 6.06. The van der Waals surface area contributed by atoms with Crippen LogP contribution in [0.15, 0.2) is 41.3 Å². The lowest BCUT2D eigenvalue weighted by Gasteiger charge is -1.81. The first kappa shape index (κ1) is 8.97. The Morgan fingerprint density at radius 2 is 1.93 bits per heavy atom. The molecule has 0 atom stereocenters. The van der Waals surface area contributed by atoms with E-state index in [1.807, 2.05) is 0 Å². The molecule has 1 heterocycles. The van der Waals surface area contributed by atoms with Crippen molar-refractivity contribution in [3.8, 4) is 11.1 Å². The van der Waals surface area contributed by atoms with Crippen LogP contribution in [0.5, 0.6) is 0 Å². The topological polar surface area (TPSA) is 45.8 Å². The van der Waals surface area contributed by atoms with Gasteiger partial charge in [0.25, 0.3) is 0 Å². The normalized spacial score (nSPS) is 10.1. The average Bonchev–Trinajstić information content (AvgIpc) is 2.74. The van der Waals surface area contributed by atoms with E-state index in [0.29, 0.717) is 0 Å². The van der Waals surface area contributed by atoms with Crippen LogP contribution in [0.2, 0.25) is 5.15 Å². The predicted molar refractivity (Wildman–Crippen MR) is 55.3 cm³/mol. The molecule has 0 spiro atoms. The zero-order valence-corrected chi connectivity index (χ0v) is 7.95. The molecule has 0 aliphatic heterocycles. The van der Waals surface area contributed by atoms with Gasteiger partial charge in [-0.2, -0.15) is 5.10 Å². The molecule has 1 aromatic rings. The van der Waals surface area contributed by atoms with Gasteiger partial charge in [0.2, 0.25) is 5.43 Å². The Bertz CT molecular complexity index is 490. The zero-order chi connectivity index (χ0) is 9.97. The summed E-state index contributed by atoms with van der Waals surface area (Å²) in [5.74, 6) is 0. The number of nitrogens with one attached hydrogen (secondary N) is 1. The van der Waals surface area contributed by atoms with Crippen molar-refractivity contribution in [2.45, 2.75) is 0 Å². The molecule has 0 saturated carbocycles. The summed E-state index contributed by atoms with van der Waals surface area (Å²) >= 11 is 5.33. The minimum atomic E-state index is -0.186. The molecule has 0 fully saturated rings. The molecule has 3 nitrogen and oxygen atoms in total. The molecule has 3 rings (SSSR count). The first-order chi connectivity index (χ1) is 6.75. The smallest absolute Gasteiger partial charge is 0.201 e. The molecule has 2 aliphatic carbocycles. The van der Waals surface area contributed by atoms with E-state index in [-0.39, 0.29) is 10.6 Å². The highest BCUT2D eigenvalue weighted by molar-refractivity contribution is 6.29. The van der Waals surface area contributed by atoms with Crippen LogP contribution >= 0.6 is 11.6 Å². The highest BCUT2D eigenvalue weighted by Crippen LogP contribution is 2.32. The van der Waals surface area contributed by atoms with Crippen LogP contribution in [-0.4, -0.2) is 10.2 Å². The van der Waals surface area contributed by atoms with Crippen LogP contribution in [0, 0.1) is 0 Å². The van der Waals surface area contributed by atoms with Crippen molar-refractivity contribution in [2.75, 3.05) is 0 Å². The summed E-state index contributed by atoms with van der Waals surface area (Å²) in [6, 6.07) is 9.74. The Labute approximate surface area is 85.4 Å². The summed E-state index contributed by atoms with van der Waals surface area (Å²) in [4.78, 5) is 10.3. The van der Waals surface area contributed by atoms with Crippen LogP contribution < -0.4 is 5.43 Å². The second kappa shape index (κ2) is 3.64. The molecule has 0 saturated heterocycles. The number of benzene rings is 1. The molecule has 0 unspecified atom stereocenters. The average molecular weight is 207 g/mol. The molecule has 70 valence electrons. The maximum atomic E-state index is 10.3. The molecule has 2 aliphatic rings. The minimum absolute atomic E-state index is 0.186. The van der Waals surface area contributed by atoms with Gasteiger partial charge in [0.15, 0.2) is 0 Å². The fourth-order valence-electron chi connectivity index (χ4n) is 1.03. The molecule has 0 amide bonds. The Balaban J connectivity index is 0.000000110. The van der Waals surface area contributed by atoms with Crippen molar-refractivity contribution < 1.29 is 0 Å². The van der Waals surface area contributed by atoms with Crippen LogP contribution in [0.25, 0.3) is 11.1 Å². The Kier molecular flexibility index (Phi) is 2.33. The van der Waals surface area contributed by atoms with Crippen LogP contribution in [0.4, 0.5) is 0 Å². The van der Waals surface area contributed by atoms with Crippen LogP contribution in [-0.2, 0) is 0 Å². The second-order valence-corrected chi connectivity index (χ2v) is 3.25. The largest absolute Gasteiger partial charge is 0.288 e. The van der Waals surface area contributed by atoms with Crippen molar-refractivity contribution in [3.05, 3.63) is 51.9 Å². The number of fused-ring (bicyclic) bond motifs is 1. The Morgan fingerprint density at radius 3 is 2.21 bits per heavy atom. The van der Waals surface area contributed by atoms with E-state index >= 15 is 0 Å². The fourth-order valence-corrected chi connectivity index (χ4v) is 1.18. The van der Waals surface area contributed by atoms with E-state index in [1.54, 1.807) is 0 Å². The lowest BCUT2D eigenvalue weighted by atomic mass is 10.6. The third-order valence-corrected chi connectivity index (χ3v) is 1.94. The lowest BCUT2D eigenvalue weighted by molar-refractivity contribution is 1.02. The van der Waals surface area contributed by atoms with Crippen molar-refractivity contribution in [3.63, 3.8) is 0 Å². The van der Waals surface area contributed by atoms with Gasteiger partial charge in [-0.05, 0) is 17.2 Å². The maximum absolute atomic E-state index is 10.3. The fraction of sp³-hybridized carbons (Fsp3) is 0. The third kappa shape index (κ3) is 2.20. The lowest BCUT2D eigenvalue weighted by Crippen LogP contribution is -1.98. The first-order valence-electron chi connectivity index (χ1n) is 4.06. The number of aromatic amines is 1. The van der Waals surface area contributed by atoms with Crippen LogP contribution in [0.3, 0.4) is 0 Å².